The molecule has 8 nitrogen and oxygen atoms in total. The fourth-order valence-electron chi connectivity index (χ4n) is 3.40. The van der Waals surface area contributed by atoms with Gasteiger partial charge in [0.1, 0.15) is 5.75 Å². The van der Waals surface area contributed by atoms with E-state index >= 15 is 0 Å². The summed E-state index contributed by atoms with van der Waals surface area (Å²) in [6.07, 6.45) is 0. The molecule has 0 radical (unpaired) electrons. The van der Waals surface area contributed by atoms with Gasteiger partial charge in [0.15, 0.2) is 17.6 Å². The molecule has 0 saturated carbocycles. The van der Waals surface area contributed by atoms with Crippen LogP contribution in [0.2, 0.25) is 10.0 Å². The summed E-state index contributed by atoms with van der Waals surface area (Å²) in [4.78, 5) is 24.8. The molecule has 0 bridgehead atoms. The maximum absolute atomic E-state index is 12.4. The molecular weight excluding hydrogens is 521 g/mol. The van der Waals surface area contributed by atoms with E-state index in [1.807, 2.05) is 36.6 Å². The van der Waals surface area contributed by atoms with Crippen molar-refractivity contribution in [2.24, 2.45) is 0 Å². The topological polar surface area (TPSA) is 98.1 Å². The van der Waals surface area contributed by atoms with E-state index in [0.717, 1.165) is 11.1 Å². The second kappa shape index (κ2) is 13.0. The number of carbonyl (C=O) groups is 2. The van der Waals surface area contributed by atoms with E-state index in [0.29, 0.717) is 39.0 Å². The van der Waals surface area contributed by atoms with E-state index in [2.05, 4.69) is 34.7 Å². The SMILES string of the molecule is CCn1c(CNC(=O)COc2cc(C)ccc2C(C)C)nnc1SCC(=O)Nc1ccc(Cl)cc1Cl. The van der Waals surface area contributed by atoms with Crippen LogP contribution in [0.25, 0.3) is 0 Å². The first-order valence-corrected chi connectivity index (χ1v) is 13.2. The quantitative estimate of drug-likeness (QED) is 0.308. The van der Waals surface area contributed by atoms with Crippen molar-refractivity contribution in [2.45, 2.75) is 51.9 Å². The van der Waals surface area contributed by atoms with Crippen LogP contribution in [-0.2, 0) is 22.7 Å². The highest BCUT2D eigenvalue weighted by Crippen LogP contribution is 2.28. The van der Waals surface area contributed by atoms with Crippen molar-refractivity contribution in [2.75, 3.05) is 17.7 Å². The van der Waals surface area contributed by atoms with Gasteiger partial charge in [0.2, 0.25) is 5.91 Å². The van der Waals surface area contributed by atoms with Gasteiger partial charge in [-0.15, -0.1) is 10.2 Å². The predicted octanol–water partition coefficient (Wildman–Crippen LogP) is 5.46. The molecule has 192 valence electrons. The molecule has 0 fully saturated rings. The predicted molar refractivity (Wildman–Crippen MR) is 144 cm³/mol. The normalized spacial score (nSPS) is 11.0. The lowest BCUT2D eigenvalue weighted by Crippen LogP contribution is -2.29. The summed E-state index contributed by atoms with van der Waals surface area (Å²) in [6.45, 7) is 8.78. The van der Waals surface area contributed by atoms with Crippen molar-refractivity contribution in [3.8, 4) is 5.75 Å². The third-order valence-electron chi connectivity index (χ3n) is 5.24. The molecule has 3 rings (SSSR count). The van der Waals surface area contributed by atoms with Gasteiger partial charge in [0.05, 0.1) is 23.0 Å². The van der Waals surface area contributed by atoms with Crippen molar-refractivity contribution in [1.82, 2.24) is 20.1 Å². The molecule has 0 aliphatic heterocycles. The second-order valence-corrected chi connectivity index (χ2v) is 10.2. The number of carbonyl (C=O) groups excluding carboxylic acids is 2. The summed E-state index contributed by atoms with van der Waals surface area (Å²) in [6, 6.07) is 10.9. The maximum atomic E-state index is 12.4. The summed E-state index contributed by atoms with van der Waals surface area (Å²) >= 11 is 13.3. The fourth-order valence-corrected chi connectivity index (χ4v) is 4.67. The van der Waals surface area contributed by atoms with Crippen LogP contribution in [0.1, 0.15) is 43.6 Å². The standard InChI is InChI=1S/C25H29Cl2N5O3S/c1-5-32-22(12-28-23(33)13-35-21-10-16(4)6-8-18(21)15(2)3)30-31-25(32)36-14-24(34)29-20-9-7-17(26)11-19(20)27/h6-11,15H,5,12-14H2,1-4H3,(H,28,33)(H,29,34). The van der Waals surface area contributed by atoms with Crippen molar-refractivity contribution >= 4 is 52.5 Å². The summed E-state index contributed by atoms with van der Waals surface area (Å²) < 4.78 is 7.65. The van der Waals surface area contributed by atoms with Gasteiger partial charge in [-0.25, -0.2) is 0 Å². The van der Waals surface area contributed by atoms with Gasteiger partial charge in [0.25, 0.3) is 5.91 Å². The first kappa shape index (κ1) is 27.8. The average Bonchev–Trinajstić information content (AvgIpc) is 3.23. The van der Waals surface area contributed by atoms with E-state index in [1.54, 1.807) is 18.2 Å². The Kier molecular flexibility index (Phi) is 10.0. The number of anilines is 1. The minimum atomic E-state index is -0.259. The lowest BCUT2D eigenvalue weighted by atomic mass is 10.0. The Bertz CT molecular complexity index is 1230. The van der Waals surface area contributed by atoms with Gasteiger partial charge in [-0.05, 0) is 55.2 Å². The molecule has 0 aliphatic rings. The van der Waals surface area contributed by atoms with Crippen LogP contribution < -0.4 is 15.4 Å². The van der Waals surface area contributed by atoms with E-state index in [1.165, 1.54) is 11.8 Å². The van der Waals surface area contributed by atoms with Crippen LogP contribution in [0.3, 0.4) is 0 Å². The molecule has 2 aromatic carbocycles. The van der Waals surface area contributed by atoms with Crippen molar-refractivity contribution in [3.63, 3.8) is 0 Å². The number of nitrogens with one attached hydrogen (secondary N) is 2. The zero-order chi connectivity index (χ0) is 26.2. The molecule has 0 atom stereocenters. The summed E-state index contributed by atoms with van der Waals surface area (Å²) in [7, 11) is 0. The Labute approximate surface area is 225 Å². The van der Waals surface area contributed by atoms with Gasteiger partial charge < -0.3 is 19.9 Å². The highest BCUT2D eigenvalue weighted by molar-refractivity contribution is 7.99. The van der Waals surface area contributed by atoms with Gasteiger partial charge >= 0.3 is 0 Å². The van der Waals surface area contributed by atoms with Gasteiger partial charge in [-0.1, -0.05) is 60.9 Å². The Morgan fingerprint density at radius 1 is 1.11 bits per heavy atom. The molecule has 11 heteroatoms. The maximum Gasteiger partial charge on any atom is 0.258 e. The summed E-state index contributed by atoms with van der Waals surface area (Å²) in [5.41, 5.74) is 2.62. The van der Waals surface area contributed by atoms with E-state index in [-0.39, 0.29) is 36.6 Å². The number of amides is 2. The number of nitrogens with zero attached hydrogens (tertiary/aromatic N) is 3. The molecular formula is C25H29Cl2N5O3S. The Morgan fingerprint density at radius 3 is 2.58 bits per heavy atom. The summed E-state index contributed by atoms with van der Waals surface area (Å²) in [5.74, 6) is 1.21. The molecule has 0 spiro atoms. The molecule has 1 heterocycles. The van der Waals surface area contributed by atoms with Gasteiger partial charge in [-0.2, -0.15) is 0 Å². The van der Waals surface area contributed by atoms with Gasteiger partial charge in [0, 0.05) is 11.6 Å². The molecule has 0 unspecified atom stereocenters. The first-order valence-electron chi connectivity index (χ1n) is 11.5. The smallest absolute Gasteiger partial charge is 0.258 e. The Morgan fingerprint density at radius 2 is 1.89 bits per heavy atom. The lowest BCUT2D eigenvalue weighted by Gasteiger charge is -2.15. The Hall–Kier alpha value is -2.75. The van der Waals surface area contributed by atoms with Crippen molar-refractivity contribution in [3.05, 3.63) is 63.4 Å². The summed E-state index contributed by atoms with van der Waals surface area (Å²) in [5, 5.41) is 15.4. The first-order chi connectivity index (χ1) is 17.2. The highest BCUT2D eigenvalue weighted by atomic mass is 35.5. The monoisotopic (exact) mass is 549 g/mol. The van der Waals surface area contributed by atoms with Crippen LogP contribution in [0, 0.1) is 6.92 Å². The second-order valence-electron chi connectivity index (χ2n) is 8.37. The molecule has 0 aliphatic carbocycles. The van der Waals surface area contributed by atoms with E-state index in [9.17, 15) is 9.59 Å². The number of ether oxygens (including phenoxy) is 1. The third-order valence-corrected chi connectivity index (χ3v) is 6.76. The van der Waals surface area contributed by atoms with Crippen LogP contribution in [0.4, 0.5) is 5.69 Å². The number of aromatic nitrogens is 3. The number of hydrogen-bond donors (Lipinski definition) is 2. The van der Waals surface area contributed by atoms with Crippen molar-refractivity contribution in [1.29, 1.82) is 0 Å². The van der Waals surface area contributed by atoms with Crippen LogP contribution in [-0.4, -0.2) is 38.9 Å². The number of benzene rings is 2. The van der Waals surface area contributed by atoms with Crippen LogP contribution in [0.15, 0.2) is 41.6 Å². The zero-order valence-corrected chi connectivity index (χ0v) is 22.9. The molecule has 36 heavy (non-hydrogen) atoms. The minimum Gasteiger partial charge on any atom is -0.483 e. The van der Waals surface area contributed by atoms with E-state index in [4.69, 9.17) is 27.9 Å². The van der Waals surface area contributed by atoms with Crippen molar-refractivity contribution < 1.29 is 14.3 Å². The number of rotatable bonds is 11. The molecule has 0 saturated heterocycles. The largest absolute Gasteiger partial charge is 0.483 e. The van der Waals surface area contributed by atoms with Crippen LogP contribution in [0.5, 0.6) is 5.75 Å². The third kappa shape index (κ3) is 7.62. The number of hydrogen-bond acceptors (Lipinski definition) is 6. The molecule has 1 aromatic heterocycles. The van der Waals surface area contributed by atoms with Crippen LogP contribution >= 0.6 is 35.0 Å². The highest BCUT2D eigenvalue weighted by Gasteiger charge is 2.16. The average molecular weight is 551 g/mol. The van der Waals surface area contributed by atoms with Gasteiger partial charge in [-0.3, -0.25) is 9.59 Å². The molecule has 2 N–H and O–H groups in total. The lowest BCUT2D eigenvalue weighted by molar-refractivity contribution is -0.123. The number of aryl methyl sites for hydroxylation is 1. The minimum absolute atomic E-state index is 0.0987. The van der Waals surface area contributed by atoms with E-state index < -0.39 is 0 Å². The number of thioether (sulfide) groups is 1. The fraction of sp³-hybridized carbons (Fsp3) is 0.360. The number of halogens is 2. The zero-order valence-electron chi connectivity index (χ0n) is 20.6. The molecule has 2 amide bonds. The molecule has 3 aromatic rings. The Balaban J connectivity index is 1.52.